The van der Waals surface area contributed by atoms with E-state index < -0.39 is 12.0 Å². The fourth-order valence-corrected chi connectivity index (χ4v) is 2.64. The molecular formula is C16H21NO3. The van der Waals surface area contributed by atoms with Crippen LogP contribution >= 0.6 is 0 Å². The van der Waals surface area contributed by atoms with E-state index in [0.29, 0.717) is 25.8 Å². The summed E-state index contributed by atoms with van der Waals surface area (Å²) in [5.74, 6) is -0.925. The topological polar surface area (TPSA) is 57.6 Å². The molecule has 20 heavy (non-hydrogen) atoms. The Labute approximate surface area is 119 Å². The Morgan fingerprint density at radius 3 is 2.60 bits per heavy atom. The van der Waals surface area contributed by atoms with Gasteiger partial charge in [0.2, 0.25) is 5.91 Å². The molecule has 0 spiro atoms. The number of carbonyl (C=O) groups is 2. The number of carbonyl (C=O) groups excluding carboxylic acids is 1. The average molecular weight is 275 g/mol. The molecule has 0 radical (unpaired) electrons. The van der Waals surface area contributed by atoms with Crippen LogP contribution in [0.2, 0.25) is 0 Å². The van der Waals surface area contributed by atoms with Crippen LogP contribution in [0.1, 0.15) is 36.8 Å². The molecule has 1 saturated heterocycles. The fraction of sp³-hybridized carbons (Fsp3) is 0.500. The van der Waals surface area contributed by atoms with Crippen LogP contribution in [0.3, 0.4) is 0 Å². The van der Waals surface area contributed by atoms with Crippen molar-refractivity contribution in [3.8, 4) is 0 Å². The zero-order chi connectivity index (χ0) is 14.5. The maximum Gasteiger partial charge on any atom is 0.326 e. The van der Waals surface area contributed by atoms with E-state index >= 15 is 0 Å². The highest BCUT2D eigenvalue weighted by atomic mass is 16.4. The van der Waals surface area contributed by atoms with Crippen LogP contribution in [0.5, 0.6) is 0 Å². The van der Waals surface area contributed by atoms with E-state index in [2.05, 4.69) is 0 Å². The first-order valence-corrected chi connectivity index (χ1v) is 7.16. The molecule has 0 bridgehead atoms. The molecule has 1 aromatic rings. The van der Waals surface area contributed by atoms with Crippen LogP contribution in [0, 0.1) is 6.92 Å². The largest absolute Gasteiger partial charge is 0.480 e. The molecule has 4 heteroatoms. The summed E-state index contributed by atoms with van der Waals surface area (Å²) in [6.07, 6.45) is 3.42. The van der Waals surface area contributed by atoms with Gasteiger partial charge in [0.15, 0.2) is 0 Å². The van der Waals surface area contributed by atoms with E-state index in [1.807, 2.05) is 31.2 Å². The van der Waals surface area contributed by atoms with Gasteiger partial charge in [0.05, 0.1) is 0 Å². The van der Waals surface area contributed by atoms with Gasteiger partial charge in [-0.05, 0) is 38.2 Å². The molecule has 1 atom stereocenters. The molecule has 0 saturated carbocycles. The Morgan fingerprint density at radius 2 is 1.95 bits per heavy atom. The summed E-state index contributed by atoms with van der Waals surface area (Å²) in [7, 11) is 0. The van der Waals surface area contributed by atoms with Crippen LogP contribution in [-0.2, 0) is 16.0 Å². The Kier molecular flexibility index (Phi) is 4.77. The number of benzene rings is 1. The molecule has 0 unspecified atom stereocenters. The lowest BCUT2D eigenvalue weighted by molar-refractivity contribution is -0.152. The van der Waals surface area contributed by atoms with Crippen LogP contribution in [0.15, 0.2) is 24.3 Å². The van der Waals surface area contributed by atoms with Gasteiger partial charge in [0.1, 0.15) is 6.04 Å². The molecule has 1 heterocycles. The normalized spacial score (nSPS) is 18.9. The van der Waals surface area contributed by atoms with E-state index in [4.69, 9.17) is 0 Å². The molecule has 4 nitrogen and oxygen atoms in total. The maximum absolute atomic E-state index is 12.2. The fourth-order valence-electron chi connectivity index (χ4n) is 2.64. The number of amides is 1. The average Bonchev–Trinajstić information content (AvgIpc) is 2.46. The van der Waals surface area contributed by atoms with Gasteiger partial charge in [-0.15, -0.1) is 0 Å². The summed E-state index contributed by atoms with van der Waals surface area (Å²) in [5, 5.41) is 9.18. The molecule has 1 aliphatic heterocycles. The van der Waals surface area contributed by atoms with Crippen LogP contribution < -0.4 is 0 Å². The number of carboxylic acids is 1. The molecule has 2 rings (SSSR count). The van der Waals surface area contributed by atoms with E-state index in [0.717, 1.165) is 18.4 Å². The second kappa shape index (κ2) is 6.55. The zero-order valence-electron chi connectivity index (χ0n) is 11.8. The van der Waals surface area contributed by atoms with Crippen LogP contribution in [-0.4, -0.2) is 34.5 Å². The van der Waals surface area contributed by atoms with Gasteiger partial charge < -0.3 is 10.0 Å². The minimum absolute atomic E-state index is 0.0438. The lowest BCUT2D eigenvalue weighted by Crippen LogP contribution is -2.48. The number of carboxylic acid groups (broad SMARTS) is 1. The zero-order valence-corrected chi connectivity index (χ0v) is 11.8. The summed E-state index contributed by atoms with van der Waals surface area (Å²) >= 11 is 0. The third kappa shape index (κ3) is 3.59. The van der Waals surface area contributed by atoms with Crippen LogP contribution in [0.25, 0.3) is 0 Å². The number of rotatable bonds is 4. The molecule has 1 fully saturated rings. The van der Waals surface area contributed by atoms with Crippen molar-refractivity contribution < 1.29 is 14.7 Å². The number of aliphatic carboxylic acids is 1. The maximum atomic E-state index is 12.2. The van der Waals surface area contributed by atoms with Crippen molar-refractivity contribution in [2.24, 2.45) is 0 Å². The summed E-state index contributed by atoms with van der Waals surface area (Å²) in [5.41, 5.74) is 2.31. The Hall–Kier alpha value is -1.84. The molecule has 1 amide bonds. The van der Waals surface area contributed by atoms with Crippen molar-refractivity contribution in [2.75, 3.05) is 6.54 Å². The molecule has 1 aliphatic rings. The first-order valence-electron chi connectivity index (χ1n) is 7.16. The first-order chi connectivity index (χ1) is 9.58. The van der Waals surface area contributed by atoms with E-state index in [1.54, 1.807) is 4.90 Å². The number of likely N-dealkylation sites (tertiary alicyclic amines) is 1. The second-order valence-corrected chi connectivity index (χ2v) is 5.42. The summed E-state index contributed by atoms with van der Waals surface area (Å²) in [6.45, 7) is 2.60. The first kappa shape index (κ1) is 14.6. The summed E-state index contributed by atoms with van der Waals surface area (Å²) < 4.78 is 0. The molecule has 0 aromatic heterocycles. The number of aryl methyl sites for hydroxylation is 2. The van der Waals surface area contributed by atoms with E-state index in [1.165, 1.54) is 5.56 Å². The van der Waals surface area contributed by atoms with Crippen molar-refractivity contribution in [1.29, 1.82) is 0 Å². The van der Waals surface area contributed by atoms with Gasteiger partial charge in [0.25, 0.3) is 0 Å². The van der Waals surface area contributed by atoms with Gasteiger partial charge in [0, 0.05) is 13.0 Å². The minimum atomic E-state index is -0.881. The molecule has 1 aromatic carbocycles. The third-order valence-electron chi connectivity index (χ3n) is 3.86. The predicted molar refractivity (Wildman–Crippen MR) is 76.5 cm³/mol. The summed E-state index contributed by atoms with van der Waals surface area (Å²) in [4.78, 5) is 24.9. The smallest absolute Gasteiger partial charge is 0.326 e. The van der Waals surface area contributed by atoms with E-state index in [9.17, 15) is 14.7 Å². The number of hydrogen-bond donors (Lipinski definition) is 1. The molecule has 1 N–H and O–H groups in total. The third-order valence-corrected chi connectivity index (χ3v) is 3.86. The molecule has 0 aliphatic carbocycles. The Morgan fingerprint density at radius 1 is 1.25 bits per heavy atom. The second-order valence-electron chi connectivity index (χ2n) is 5.42. The molecule has 108 valence electrons. The van der Waals surface area contributed by atoms with Gasteiger partial charge >= 0.3 is 5.97 Å². The number of piperidine rings is 1. The van der Waals surface area contributed by atoms with Gasteiger partial charge in [-0.2, -0.15) is 0 Å². The predicted octanol–water partition coefficient (Wildman–Crippen LogP) is 2.39. The highest BCUT2D eigenvalue weighted by molar-refractivity contribution is 5.84. The van der Waals surface area contributed by atoms with Gasteiger partial charge in [-0.3, -0.25) is 4.79 Å². The van der Waals surface area contributed by atoms with Gasteiger partial charge in [-0.1, -0.05) is 29.8 Å². The lowest BCUT2D eigenvalue weighted by Gasteiger charge is -2.33. The van der Waals surface area contributed by atoms with Gasteiger partial charge in [-0.25, -0.2) is 4.79 Å². The van der Waals surface area contributed by atoms with Crippen molar-refractivity contribution in [2.45, 2.75) is 45.1 Å². The monoisotopic (exact) mass is 275 g/mol. The summed E-state index contributed by atoms with van der Waals surface area (Å²) in [6, 6.07) is 7.47. The Bertz CT molecular complexity index is 481. The quantitative estimate of drug-likeness (QED) is 0.918. The van der Waals surface area contributed by atoms with E-state index in [-0.39, 0.29) is 5.91 Å². The highest BCUT2D eigenvalue weighted by Gasteiger charge is 2.31. The highest BCUT2D eigenvalue weighted by Crippen LogP contribution is 2.19. The Balaban J connectivity index is 1.93. The van der Waals surface area contributed by atoms with Crippen molar-refractivity contribution >= 4 is 11.9 Å². The van der Waals surface area contributed by atoms with Crippen molar-refractivity contribution in [3.63, 3.8) is 0 Å². The van der Waals surface area contributed by atoms with Crippen molar-refractivity contribution in [3.05, 3.63) is 35.4 Å². The standard InChI is InChI=1S/C16H21NO3/c1-12-5-7-13(8-6-12)9-10-15(18)17-11-3-2-4-14(17)16(19)20/h5-8,14H,2-4,9-11H2,1H3,(H,19,20)/t14-/m1/s1. The van der Waals surface area contributed by atoms with Crippen LogP contribution in [0.4, 0.5) is 0 Å². The minimum Gasteiger partial charge on any atom is -0.480 e. The number of hydrogen-bond acceptors (Lipinski definition) is 2. The van der Waals surface area contributed by atoms with Crippen molar-refractivity contribution in [1.82, 2.24) is 4.90 Å². The lowest BCUT2D eigenvalue weighted by atomic mass is 10.0. The SMILES string of the molecule is Cc1ccc(CCC(=O)N2CCCC[C@@H]2C(=O)O)cc1. The molecular weight excluding hydrogens is 254 g/mol. The number of nitrogens with zero attached hydrogens (tertiary/aromatic N) is 1.